The molecule has 0 saturated heterocycles. The van der Waals surface area contributed by atoms with E-state index in [0.717, 1.165) is 18.1 Å². The van der Waals surface area contributed by atoms with Crippen LogP contribution in [-0.2, 0) is 6.42 Å². The molecule has 0 amide bonds. The third-order valence-corrected chi connectivity index (χ3v) is 1.35. The molecule has 0 aliphatic rings. The van der Waals surface area contributed by atoms with E-state index in [-0.39, 0.29) is 11.6 Å². The van der Waals surface area contributed by atoms with E-state index in [1.165, 1.54) is 6.07 Å². The molecular weight excluding hydrogens is 155 g/mol. The number of benzene rings is 1. The molecule has 0 aliphatic heterocycles. The van der Waals surface area contributed by atoms with E-state index in [9.17, 15) is 4.39 Å². The summed E-state index contributed by atoms with van der Waals surface area (Å²) in [4.78, 5) is 0. The maximum absolute atomic E-state index is 12.5. The lowest BCUT2D eigenvalue weighted by Gasteiger charge is -1.96. The maximum Gasteiger partial charge on any atom is 0.127 e. The molecule has 1 aromatic carbocycles. The van der Waals surface area contributed by atoms with Crippen molar-refractivity contribution < 1.29 is 9.50 Å². The Bertz CT molecular complexity index is 213. The minimum absolute atomic E-state index is 0.00292. The molecule has 1 N–H and O–H groups in total. The summed E-state index contributed by atoms with van der Waals surface area (Å²) in [6, 6.07) is 4.07. The quantitative estimate of drug-likeness (QED) is 0.686. The monoisotopic (exact) mass is 170 g/mol. The number of phenolic OH excluding ortho intramolecular Hbond substituents is 1. The number of hydrogen-bond donors (Lipinski definition) is 1. The molecule has 0 atom stereocenters. The maximum atomic E-state index is 12.5. The van der Waals surface area contributed by atoms with Crippen molar-refractivity contribution in [1.82, 2.24) is 0 Å². The van der Waals surface area contributed by atoms with Crippen LogP contribution in [-0.4, -0.2) is 5.11 Å². The molecule has 0 radical (unpaired) electrons. The van der Waals surface area contributed by atoms with Crippen LogP contribution in [0.25, 0.3) is 0 Å². The van der Waals surface area contributed by atoms with Crippen molar-refractivity contribution in [2.45, 2.75) is 27.2 Å². The van der Waals surface area contributed by atoms with Crippen LogP contribution in [0, 0.1) is 5.82 Å². The van der Waals surface area contributed by atoms with Crippen LogP contribution in [0.5, 0.6) is 5.75 Å². The third kappa shape index (κ3) is 3.37. The Morgan fingerprint density at radius 2 is 1.83 bits per heavy atom. The molecule has 0 heterocycles. The fourth-order valence-electron chi connectivity index (χ4n) is 0.837. The molecule has 0 bridgehead atoms. The summed E-state index contributed by atoms with van der Waals surface area (Å²) >= 11 is 0. The van der Waals surface area contributed by atoms with Gasteiger partial charge in [0.15, 0.2) is 0 Å². The van der Waals surface area contributed by atoms with Crippen LogP contribution < -0.4 is 0 Å². The lowest BCUT2D eigenvalue weighted by molar-refractivity contribution is 0.468. The van der Waals surface area contributed by atoms with Crippen LogP contribution in [0.2, 0.25) is 0 Å². The lowest BCUT2D eigenvalue weighted by atomic mass is 10.1. The number of rotatable bonds is 1. The van der Waals surface area contributed by atoms with E-state index < -0.39 is 0 Å². The summed E-state index contributed by atoms with van der Waals surface area (Å²) in [5.74, 6) is -0.381. The Balaban J connectivity index is 0.000000561. The topological polar surface area (TPSA) is 20.2 Å². The van der Waals surface area contributed by atoms with Gasteiger partial charge in [0, 0.05) is 6.07 Å². The van der Waals surface area contributed by atoms with E-state index in [4.69, 9.17) is 5.11 Å². The molecule has 0 fully saturated rings. The lowest BCUT2D eigenvalue weighted by Crippen LogP contribution is -1.81. The highest BCUT2D eigenvalue weighted by Gasteiger charge is 1.95. The SMILES string of the molecule is CC.CCc1cc(O)cc(F)c1. The summed E-state index contributed by atoms with van der Waals surface area (Å²) < 4.78 is 12.5. The zero-order valence-electron chi connectivity index (χ0n) is 7.76. The van der Waals surface area contributed by atoms with Gasteiger partial charge in [-0.05, 0) is 24.1 Å². The predicted molar refractivity (Wildman–Crippen MR) is 48.8 cm³/mol. The number of phenols is 1. The first-order chi connectivity index (χ1) is 5.72. The van der Waals surface area contributed by atoms with E-state index in [1.54, 1.807) is 6.07 Å². The fraction of sp³-hybridized carbons (Fsp3) is 0.400. The van der Waals surface area contributed by atoms with E-state index in [1.807, 2.05) is 20.8 Å². The van der Waals surface area contributed by atoms with Gasteiger partial charge in [-0.2, -0.15) is 0 Å². The summed E-state index contributed by atoms with van der Waals surface area (Å²) in [5.41, 5.74) is 0.817. The standard InChI is InChI=1S/C8H9FO.C2H6/c1-2-6-3-7(9)5-8(10)4-6;1-2/h3-5,10H,2H2,1H3;1-2H3. The molecule has 0 unspecified atom stereocenters. The molecule has 2 heteroatoms. The van der Waals surface area contributed by atoms with Crippen molar-refractivity contribution in [3.8, 4) is 5.75 Å². The highest BCUT2D eigenvalue weighted by molar-refractivity contribution is 5.28. The van der Waals surface area contributed by atoms with Gasteiger partial charge in [-0.3, -0.25) is 0 Å². The Morgan fingerprint density at radius 3 is 2.25 bits per heavy atom. The molecule has 1 aromatic rings. The zero-order valence-corrected chi connectivity index (χ0v) is 7.76. The normalized spacial score (nSPS) is 8.67. The van der Waals surface area contributed by atoms with E-state index in [0.29, 0.717) is 0 Å². The fourth-order valence-corrected chi connectivity index (χ4v) is 0.837. The molecule has 1 rings (SSSR count). The van der Waals surface area contributed by atoms with Gasteiger partial charge >= 0.3 is 0 Å². The molecule has 68 valence electrons. The Hall–Kier alpha value is -1.05. The molecule has 0 aliphatic carbocycles. The van der Waals surface area contributed by atoms with Gasteiger partial charge in [-0.25, -0.2) is 4.39 Å². The van der Waals surface area contributed by atoms with Crippen LogP contribution in [0.3, 0.4) is 0 Å². The Labute approximate surface area is 72.9 Å². The van der Waals surface area contributed by atoms with Gasteiger partial charge in [-0.15, -0.1) is 0 Å². The predicted octanol–water partition coefficient (Wildman–Crippen LogP) is 3.12. The smallest absolute Gasteiger partial charge is 0.127 e. The molecule has 0 spiro atoms. The van der Waals surface area contributed by atoms with Crippen molar-refractivity contribution in [2.75, 3.05) is 0 Å². The van der Waals surface area contributed by atoms with Gasteiger partial charge in [0.2, 0.25) is 0 Å². The Morgan fingerprint density at radius 1 is 1.25 bits per heavy atom. The largest absolute Gasteiger partial charge is 0.508 e. The molecular formula is C10H15FO. The minimum atomic E-state index is -0.378. The number of hydrogen-bond acceptors (Lipinski definition) is 1. The second kappa shape index (κ2) is 5.58. The molecule has 0 saturated carbocycles. The number of aryl methyl sites for hydroxylation is 1. The molecule has 1 nitrogen and oxygen atoms in total. The van der Waals surface area contributed by atoms with Crippen LogP contribution >= 0.6 is 0 Å². The van der Waals surface area contributed by atoms with Crippen LogP contribution in [0.15, 0.2) is 18.2 Å². The third-order valence-electron chi connectivity index (χ3n) is 1.35. The molecule has 0 aromatic heterocycles. The second-order valence-electron chi connectivity index (χ2n) is 2.17. The van der Waals surface area contributed by atoms with Crippen LogP contribution in [0.4, 0.5) is 4.39 Å². The second-order valence-corrected chi connectivity index (χ2v) is 2.17. The van der Waals surface area contributed by atoms with Gasteiger partial charge < -0.3 is 5.11 Å². The first kappa shape index (κ1) is 11.0. The van der Waals surface area contributed by atoms with E-state index in [2.05, 4.69) is 0 Å². The Kier molecular flexibility index (Phi) is 5.09. The van der Waals surface area contributed by atoms with E-state index >= 15 is 0 Å². The van der Waals surface area contributed by atoms with Gasteiger partial charge in [0.25, 0.3) is 0 Å². The average Bonchev–Trinajstić information content (AvgIpc) is 2.06. The van der Waals surface area contributed by atoms with Crippen LogP contribution in [0.1, 0.15) is 26.3 Å². The number of halogens is 1. The summed E-state index contributed by atoms with van der Waals surface area (Å²) in [6.07, 6.45) is 0.741. The molecule has 12 heavy (non-hydrogen) atoms. The number of aromatic hydroxyl groups is 1. The highest BCUT2D eigenvalue weighted by Crippen LogP contribution is 2.14. The van der Waals surface area contributed by atoms with Gasteiger partial charge in [0.05, 0.1) is 0 Å². The average molecular weight is 170 g/mol. The van der Waals surface area contributed by atoms with Gasteiger partial charge in [-0.1, -0.05) is 20.8 Å². The van der Waals surface area contributed by atoms with Crippen molar-refractivity contribution in [3.63, 3.8) is 0 Å². The minimum Gasteiger partial charge on any atom is -0.508 e. The van der Waals surface area contributed by atoms with Crippen molar-refractivity contribution in [1.29, 1.82) is 0 Å². The highest BCUT2D eigenvalue weighted by atomic mass is 19.1. The zero-order chi connectivity index (χ0) is 9.56. The summed E-state index contributed by atoms with van der Waals surface area (Å²) in [5, 5.41) is 8.88. The first-order valence-corrected chi connectivity index (χ1v) is 4.21. The van der Waals surface area contributed by atoms with Gasteiger partial charge in [0.1, 0.15) is 11.6 Å². The van der Waals surface area contributed by atoms with Crippen molar-refractivity contribution >= 4 is 0 Å². The van der Waals surface area contributed by atoms with Crippen molar-refractivity contribution in [2.24, 2.45) is 0 Å². The first-order valence-electron chi connectivity index (χ1n) is 4.21. The summed E-state index contributed by atoms with van der Waals surface area (Å²) in [7, 11) is 0. The summed E-state index contributed by atoms with van der Waals surface area (Å²) in [6.45, 7) is 5.91. The van der Waals surface area contributed by atoms with Crippen molar-refractivity contribution in [3.05, 3.63) is 29.6 Å².